The summed E-state index contributed by atoms with van der Waals surface area (Å²) in [4.78, 5) is 22.4. The van der Waals surface area contributed by atoms with E-state index in [1.165, 1.54) is 0 Å². The quantitative estimate of drug-likeness (QED) is 0.670. The highest BCUT2D eigenvalue weighted by Gasteiger charge is 2.58. The molecule has 2 bridgehead atoms. The van der Waals surface area contributed by atoms with Gasteiger partial charge in [0.05, 0.1) is 5.41 Å². The van der Waals surface area contributed by atoms with E-state index in [-0.39, 0.29) is 11.2 Å². The lowest BCUT2D eigenvalue weighted by molar-refractivity contribution is -0.129. The fraction of sp³-hybridized carbons (Fsp3) is 0.778. The van der Waals surface area contributed by atoms with E-state index < -0.39 is 10.7 Å². The lowest BCUT2D eigenvalue weighted by Crippen LogP contribution is -2.34. The van der Waals surface area contributed by atoms with Crippen LogP contribution in [0.25, 0.3) is 0 Å². The van der Waals surface area contributed by atoms with Gasteiger partial charge in [0, 0.05) is 5.92 Å². The molecule has 3 unspecified atom stereocenters. The molecule has 72 valence electrons. The molecule has 2 nitrogen and oxygen atoms in total. The van der Waals surface area contributed by atoms with Crippen LogP contribution in [-0.2, 0) is 9.59 Å². The molecule has 2 fully saturated rings. The third kappa shape index (κ3) is 1.23. The summed E-state index contributed by atoms with van der Waals surface area (Å²) in [6, 6.07) is 0. The van der Waals surface area contributed by atoms with Gasteiger partial charge in [-0.15, -0.1) is 0 Å². The molecule has 0 aliphatic heterocycles. The number of carbonyl (C=O) groups excluding carboxylic acids is 2. The van der Waals surface area contributed by atoms with Gasteiger partial charge in [-0.25, -0.2) is 0 Å². The van der Waals surface area contributed by atoms with E-state index in [9.17, 15) is 9.59 Å². The molecule has 0 radical (unpaired) electrons. The Balaban J connectivity index is 2.32. The highest BCUT2D eigenvalue weighted by Crippen LogP contribution is 2.59. The number of rotatable bonds is 2. The van der Waals surface area contributed by atoms with E-state index in [0.717, 1.165) is 25.7 Å². The molecule has 0 amide bonds. The van der Waals surface area contributed by atoms with Gasteiger partial charge in [-0.2, -0.15) is 0 Å². The van der Waals surface area contributed by atoms with Gasteiger partial charge in [-0.05, 0) is 54.8 Å². The summed E-state index contributed by atoms with van der Waals surface area (Å²) in [6.07, 6.45) is 3.27. The summed E-state index contributed by atoms with van der Waals surface area (Å²) in [5.74, 6) is 0.160. The fourth-order valence-corrected chi connectivity index (χ4v) is 3.48. The molecule has 0 spiro atoms. The van der Waals surface area contributed by atoms with Crippen molar-refractivity contribution < 1.29 is 9.59 Å². The zero-order valence-corrected chi connectivity index (χ0v) is 8.57. The summed E-state index contributed by atoms with van der Waals surface area (Å²) < 4.78 is 0. The Labute approximate surface area is 86.6 Å². The standard InChI is InChI=1S/C9H10Cl2O2/c10-7(12)6-3-5-1-2-9(6,4-5)8(11)13/h5-6H,1-4H2. The molecular formula is C9H10Cl2O2. The third-order valence-corrected chi connectivity index (χ3v) is 4.19. The average molecular weight is 221 g/mol. The van der Waals surface area contributed by atoms with Crippen LogP contribution in [0.2, 0.25) is 0 Å². The highest BCUT2D eigenvalue weighted by atomic mass is 35.5. The molecule has 2 aliphatic carbocycles. The minimum atomic E-state index is -0.606. The Morgan fingerprint density at radius 3 is 2.38 bits per heavy atom. The summed E-state index contributed by atoms with van der Waals surface area (Å²) in [6.45, 7) is 0. The van der Waals surface area contributed by atoms with Gasteiger partial charge in [0.1, 0.15) is 0 Å². The minimum Gasteiger partial charge on any atom is -0.281 e. The maximum Gasteiger partial charge on any atom is 0.228 e. The summed E-state index contributed by atoms with van der Waals surface area (Å²) in [5.41, 5.74) is -0.606. The van der Waals surface area contributed by atoms with Gasteiger partial charge in [-0.1, -0.05) is 0 Å². The second kappa shape index (κ2) is 2.96. The van der Waals surface area contributed by atoms with Crippen molar-refractivity contribution in [3.63, 3.8) is 0 Å². The Bertz CT molecular complexity index is 277. The predicted octanol–water partition coefficient (Wildman–Crippen LogP) is 2.32. The van der Waals surface area contributed by atoms with Crippen molar-refractivity contribution in [1.82, 2.24) is 0 Å². The average Bonchev–Trinajstić information content (AvgIpc) is 2.60. The number of hydrogen-bond donors (Lipinski definition) is 0. The minimum absolute atomic E-state index is 0.321. The van der Waals surface area contributed by atoms with Crippen LogP contribution >= 0.6 is 23.2 Å². The molecule has 2 saturated carbocycles. The number of halogens is 2. The van der Waals surface area contributed by atoms with Crippen LogP contribution in [0, 0.1) is 17.3 Å². The molecule has 0 aromatic heterocycles. The molecule has 2 rings (SSSR count). The first-order valence-corrected chi connectivity index (χ1v) is 5.21. The van der Waals surface area contributed by atoms with Gasteiger partial charge in [0.2, 0.25) is 10.5 Å². The van der Waals surface area contributed by atoms with Crippen molar-refractivity contribution in [1.29, 1.82) is 0 Å². The van der Waals surface area contributed by atoms with Crippen LogP contribution in [0.1, 0.15) is 25.7 Å². The zero-order valence-electron chi connectivity index (χ0n) is 7.06. The molecular weight excluding hydrogens is 211 g/mol. The number of carbonyl (C=O) groups is 2. The van der Waals surface area contributed by atoms with Gasteiger partial charge in [0.25, 0.3) is 0 Å². The van der Waals surface area contributed by atoms with E-state index in [4.69, 9.17) is 23.2 Å². The molecule has 0 aromatic carbocycles. The highest BCUT2D eigenvalue weighted by molar-refractivity contribution is 6.67. The Morgan fingerprint density at radius 2 is 2.00 bits per heavy atom. The monoisotopic (exact) mass is 220 g/mol. The molecule has 4 heteroatoms. The first-order valence-electron chi connectivity index (χ1n) is 4.45. The van der Waals surface area contributed by atoms with E-state index in [0.29, 0.717) is 5.92 Å². The molecule has 3 atom stereocenters. The lowest BCUT2D eigenvalue weighted by atomic mass is 9.76. The van der Waals surface area contributed by atoms with Crippen LogP contribution in [0.5, 0.6) is 0 Å². The molecule has 0 heterocycles. The smallest absolute Gasteiger partial charge is 0.228 e. The van der Waals surface area contributed by atoms with Crippen molar-refractivity contribution in [2.75, 3.05) is 0 Å². The van der Waals surface area contributed by atoms with E-state index in [1.807, 2.05) is 0 Å². The van der Waals surface area contributed by atoms with E-state index in [1.54, 1.807) is 0 Å². The van der Waals surface area contributed by atoms with Gasteiger partial charge >= 0.3 is 0 Å². The second-order valence-corrected chi connectivity index (χ2v) is 4.85. The fourth-order valence-electron chi connectivity index (χ4n) is 2.88. The zero-order chi connectivity index (χ0) is 9.64. The Kier molecular flexibility index (Phi) is 2.16. The van der Waals surface area contributed by atoms with E-state index >= 15 is 0 Å². The van der Waals surface area contributed by atoms with Crippen LogP contribution < -0.4 is 0 Å². The first-order chi connectivity index (χ1) is 6.06. The summed E-state index contributed by atoms with van der Waals surface area (Å²) in [7, 11) is 0. The number of hydrogen-bond acceptors (Lipinski definition) is 2. The van der Waals surface area contributed by atoms with Crippen LogP contribution in [0.3, 0.4) is 0 Å². The van der Waals surface area contributed by atoms with Crippen molar-refractivity contribution in [2.45, 2.75) is 25.7 Å². The molecule has 0 N–H and O–H groups in total. The third-order valence-electron chi connectivity index (χ3n) is 3.55. The molecule has 0 saturated heterocycles. The normalized spacial score (nSPS) is 42.3. The van der Waals surface area contributed by atoms with Crippen molar-refractivity contribution in [3.8, 4) is 0 Å². The Morgan fingerprint density at radius 1 is 1.31 bits per heavy atom. The molecule has 0 aromatic rings. The lowest BCUT2D eigenvalue weighted by Gasteiger charge is -2.28. The van der Waals surface area contributed by atoms with Crippen molar-refractivity contribution >= 4 is 33.7 Å². The maximum atomic E-state index is 11.3. The molecule has 13 heavy (non-hydrogen) atoms. The molecule has 2 aliphatic rings. The maximum absolute atomic E-state index is 11.3. The van der Waals surface area contributed by atoms with Crippen LogP contribution in [-0.4, -0.2) is 10.5 Å². The predicted molar refractivity (Wildman–Crippen MR) is 49.6 cm³/mol. The second-order valence-electron chi connectivity index (χ2n) is 4.13. The van der Waals surface area contributed by atoms with Crippen LogP contribution in [0.4, 0.5) is 0 Å². The van der Waals surface area contributed by atoms with E-state index in [2.05, 4.69) is 0 Å². The Hall–Kier alpha value is -0.0800. The largest absolute Gasteiger partial charge is 0.281 e. The summed E-state index contributed by atoms with van der Waals surface area (Å²) in [5, 5.41) is -0.761. The number of fused-ring (bicyclic) bond motifs is 2. The van der Waals surface area contributed by atoms with Crippen molar-refractivity contribution in [3.05, 3.63) is 0 Å². The summed E-state index contributed by atoms with van der Waals surface area (Å²) >= 11 is 11.0. The van der Waals surface area contributed by atoms with Gasteiger partial charge in [-0.3, -0.25) is 9.59 Å². The van der Waals surface area contributed by atoms with Crippen LogP contribution in [0.15, 0.2) is 0 Å². The van der Waals surface area contributed by atoms with Crippen molar-refractivity contribution in [2.24, 2.45) is 17.3 Å². The topological polar surface area (TPSA) is 34.1 Å². The SMILES string of the molecule is O=C(Cl)C1CC2CCC1(C(=O)Cl)C2. The van der Waals surface area contributed by atoms with Gasteiger partial charge in [0.15, 0.2) is 0 Å². The van der Waals surface area contributed by atoms with Gasteiger partial charge < -0.3 is 0 Å². The first kappa shape index (κ1) is 9.47.